The van der Waals surface area contributed by atoms with Crippen molar-refractivity contribution in [2.24, 2.45) is 11.8 Å². The van der Waals surface area contributed by atoms with E-state index in [0.29, 0.717) is 23.6 Å². The summed E-state index contributed by atoms with van der Waals surface area (Å²) in [5.41, 5.74) is 1.64. The molecular weight excluding hydrogens is 528 g/mol. The Labute approximate surface area is 240 Å². The van der Waals surface area contributed by atoms with E-state index in [1.54, 1.807) is 0 Å². The van der Waals surface area contributed by atoms with Crippen LogP contribution in [0.5, 0.6) is 11.8 Å². The molecule has 0 aliphatic heterocycles. The van der Waals surface area contributed by atoms with E-state index in [1.165, 1.54) is 32.8 Å². The van der Waals surface area contributed by atoms with Crippen LogP contribution in [0, 0.1) is 25.7 Å². The molecule has 0 aromatic carbocycles. The Morgan fingerprint density at radius 1 is 0.732 bits per heavy atom. The highest BCUT2D eigenvalue weighted by molar-refractivity contribution is 5.71. The largest absolute Gasteiger partial charge is 0.479 e. The number of aromatic nitrogens is 4. The first-order chi connectivity index (χ1) is 19.8. The molecule has 2 heterocycles. The normalized spacial score (nSPS) is 17.6. The molecule has 0 atom stereocenters. The summed E-state index contributed by atoms with van der Waals surface area (Å²) in [6.07, 6.45) is 9.58. The number of nitrogens with one attached hydrogen (secondary N) is 2. The predicted molar refractivity (Wildman–Crippen MR) is 151 cm³/mol. The van der Waals surface area contributed by atoms with Gasteiger partial charge in [-0.2, -0.15) is 9.97 Å². The Balaban J connectivity index is 0.000000165. The molecular formula is C29H40N6O6. The molecule has 12 nitrogen and oxygen atoms in total. The van der Waals surface area contributed by atoms with Crippen LogP contribution in [0.25, 0.3) is 0 Å². The van der Waals surface area contributed by atoms with Crippen molar-refractivity contribution in [3.8, 4) is 11.8 Å². The van der Waals surface area contributed by atoms with Gasteiger partial charge in [0.25, 0.3) is 0 Å². The van der Waals surface area contributed by atoms with Gasteiger partial charge in [-0.1, -0.05) is 0 Å². The van der Waals surface area contributed by atoms with E-state index in [2.05, 4.69) is 35.3 Å². The summed E-state index contributed by atoms with van der Waals surface area (Å²) < 4.78 is 15.4. The summed E-state index contributed by atoms with van der Waals surface area (Å²) in [5, 5.41) is 15.5. The average Bonchev–Trinajstić information content (AvgIpc) is 3.80. The van der Waals surface area contributed by atoms with Crippen LogP contribution in [0.3, 0.4) is 0 Å². The van der Waals surface area contributed by atoms with Gasteiger partial charge in [0.2, 0.25) is 11.8 Å². The standard InChI is InChI=1S/C15H21N3O3.C14H19N3O3/c1-9-13(16-7-10-3-4-10)17-14(11-5-6-11)18-15(9)21-8-12(19)20-2;1-8-12(15-6-9-2-3-9)16-13(10-4-5-10)17-14(8)20-7-11(18)19/h10-11H,3-8H2,1-2H3,(H,16,17,18);9-10H,2-7H2,1H3,(H,18,19)(H,15,16,17). The number of esters is 1. The van der Waals surface area contributed by atoms with Crippen molar-refractivity contribution in [2.75, 3.05) is 44.0 Å². The minimum absolute atomic E-state index is 0.124. The lowest BCUT2D eigenvalue weighted by Crippen LogP contribution is -2.16. The van der Waals surface area contributed by atoms with E-state index >= 15 is 0 Å². The van der Waals surface area contributed by atoms with Crippen molar-refractivity contribution >= 4 is 23.6 Å². The lowest BCUT2D eigenvalue weighted by atomic mass is 10.3. The zero-order valence-electron chi connectivity index (χ0n) is 24.1. The summed E-state index contributed by atoms with van der Waals surface area (Å²) in [6.45, 7) is 5.14. The first kappa shape index (κ1) is 28.8. The summed E-state index contributed by atoms with van der Waals surface area (Å²) in [5.74, 6) is 5.04. The number of ether oxygens (including phenoxy) is 3. The van der Waals surface area contributed by atoms with Crippen molar-refractivity contribution in [1.29, 1.82) is 0 Å². The zero-order valence-corrected chi connectivity index (χ0v) is 24.1. The summed E-state index contributed by atoms with van der Waals surface area (Å²) in [6, 6.07) is 0. The summed E-state index contributed by atoms with van der Waals surface area (Å²) in [7, 11) is 1.34. The van der Waals surface area contributed by atoms with Crippen LogP contribution in [-0.4, -0.2) is 70.4 Å². The molecule has 0 bridgehead atoms. The highest BCUT2D eigenvalue weighted by Gasteiger charge is 2.30. The molecule has 0 amide bonds. The molecule has 4 saturated carbocycles. The van der Waals surface area contributed by atoms with E-state index in [0.717, 1.165) is 85.0 Å². The second-order valence-corrected chi connectivity index (χ2v) is 11.5. The number of carboxylic acids is 1. The third-order valence-electron chi connectivity index (χ3n) is 7.52. The number of hydrogen-bond donors (Lipinski definition) is 3. The number of hydrogen-bond acceptors (Lipinski definition) is 11. The SMILES string of the molecule is COC(=O)COc1nc(C2CC2)nc(NCC2CC2)c1C.Cc1c(NCC2CC2)nc(C2CC2)nc1OCC(=O)O. The molecule has 0 unspecified atom stereocenters. The molecule has 0 radical (unpaired) electrons. The monoisotopic (exact) mass is 568 g/mol. The molecule has 222 valence electrons. The van der Waals surface area contributed by atoms with Crippen molar-refractivity contribution in [3.63, 3.8) is 0 Å². The second-order valence-electron chi connectivity index (χ2n) is 11.5. The fourth-order valence-electron chi connectivity index (χ4n) is 4.14. The van der Waals surface area contributed by atoms with Gasteiger partial charge in [-0.3, -0.25) is 0 Å². The lowest BCUT2D eigenvalue weighted by molar-refractivity contribution is -0.143. The smallest absolute Gasteiger partial charge is 0.343 e. The Bertz CT molecular complexity index is 1260. The van der Waals surface area contributed by atoms with Gasteiger partial charge in [-0.15, -0.1) is 0 Å². The molecule has 0 saturated heterocycles. The number of nitrogens with zero attached hydrogens (tertiary/aromatic N) is 4. The maximum absolute atomic E-state index is 11.2. The van der Waals surface area contributed by atoms with Gasteiger partial charge in [0.1, 0.15) is 23.3 Å². The van der Waals surface area contributed by atoms with Crippen LogP contribution in [0.2, 0.25) is 0 Å². The number of aliphatic carboxylic acids is 1. The molecule has 2 aromatic rings. The van der Waals surface area contributed by atoms with Crippen molar-refractivity contribution in [2.45, 2.75) is 77.0 Å². The maximum atomic E-state index is 11.2. The van der Waals surface area contributed by atoms with E-state index in [4.69, 9.17) is 14.6 Å². The molecule has 41 heavy (non-hydrogen) atoms. The van der Waals surface area contributed by atoms with Crippen LogP contribution in [0.4, 0.5) is 11.6 Å². The first-order valence-electron chi connectivity index (χ1n) is 14.6. The Morgan fingerprint density at radius 2 is 1.17 bits per heavy atom. The van der Waals surface area contributed by atoms with Gasteiger partial charge in [0.15, 0.2) is 13.2 Å². The molecule has 2 aromatic heterocycles. The van der Waals surface area contributed by atoms with Crippen LogP contribution in [-0.2, 0) is 14.3 Å². The number of rotatable bonds is 14. The van der Waals surface area contributed by atoms with Crippen molar-refractivity contribution in [3.05, 3.63) is 22.8 Å². The molecule has 12 heteroatoms. The minimum Gasteiger partial charge on any atom is -0.479 e. The molecule has 4 aliphatic carbocycles. The number of methoxy groups -OCH3 is 1. The quantitative estimate of drug-likeness (QED) is 0.282. The lowest BCUT2D eigenvalue weighted by Gasteiger charge is -2.14. The van der Waals surface area contributed by atoms with Crippen LogP contribution in [0.15, 0.2) is 0 Å². The zero-order chi connectivity index (χ0) is 28.9. The van der Waals surface area contributed by atoms with Gasteiger partial charge >= 0.3 is 11.9 Å². The number of carbonyl (C=O) groups excluding carboxylic acids is 1. The molecule has 3 N–H and O–H groups in total. The number of carbonyl (C=O) groups is 2. The van der Waals surface area contributed by atoms with Crippen LogP contribution >= 0.6 is 0 Å². The second kappa shape index (κ2) is 12.9. The van der Waals surface area contributed by atoms with Gasteiger partial charge in [0.05, 0.1) is 18.2 Å². The van der Waals surface area contributed by atoms with Crippen LogP contribution < -0.4 is 20.1 Å². The van der Waals surface area contributed by atoms with Gasteiger partial charge in [0, 0.05) is 24.9 Å². The van der Waals surface area contributed by atoms with Crippen molar-refractivity contribution in [1.82, 2.24) is 19.9 Å². The third kappa shape index (κ3) is 8.64. The Morgan fingerprint density at radius 3 is 1.54 bits per heavy atom. The van der Waals surface area contributed by atoms with E-state index in [1.807, 2.05) is 13.8 Å². The Kier molecular flexibility index (Phi) is 9.04. The minimum atomic E-state index is -0.997. The highest BCUT2D eigenvalue weighted by atomic mass is 16.6. The highest BCUT2D eigenvalue weighted by Crippen LogP contribution is 2.41. The fraction of sp³-hybridized carbons (Fsp3) is 0.655. The fourth-order valence-corrected chi connectivity index (χ4v) is 4.14. The van der Waals surface area contributed by atoms with Gasteiger partial charge < -0.3 is 30.0 Å². The molecule has 0 spiro atoms. The molecule has 4 fully saturated rings. The van der Waals surface area contributed by atoms with Gasteiger partial charge in [-0.25, -0.2) is 19.6 Å². The molecule has 4 aliphatic rings. The van der Waals surface area contributed by atoms with E-state index in [-0.39, 0.29) is 13.2 Å². The first-order valence-corrected chi connectivity index (χ1v) is 14.6. The predicted octanol–water partition coefficient (Wildman–Crippen LogP) is 3.98. The van der Waals surface area contributed by atoms with Crippen molar-refractivity contribution < 1.29 is 28.9 Å². The maximum Gasteiger partial charge on any atom is 0.343 e. The Hall–Kier alpha value is -3.70. The number of anilines is 2. The van der Waals surface area contributed by atoms with Crippen LogP contribution in [0.1, 0.15) is 86.0 Å². The summed E-state index contributed by atoms with van der Waals surface area (Å²) in [4.78, 5) is 39.9. The van der Waals surface area contributed by atoms with E-state index in [9.17, 15) is 9.59 Å². The van der Waals surface area contributed by atoms with Gasteiger partial charge in [-0.05, 0) is 77.0 Å². The summed E-state index contributed by atoms with van der Waals surface area (Å²) >= 11 is 0. The number of carboxylic acid groups (broad SMARTS) is 1. The van der Waals surface area contributed by atoms with E-state index < -0.39 is 11.9 Å². The average molecular weight is 569 g/mol. The topological polar surface area (TPSA) is 158 Å². The molecule has 6 rings (SSSR count). The third-order valence-corrected chi connectivity index (χ3v) is 7.52.